The Morgan fingerprint density at radius 1 is 1.04 bits per heavy atom. The van der Waals surface area contributed by atoms with Gasteiger partial charge in [0.1, 0.15) is 4.90 Å². The van der Waals surface area contributed by atoms with Crippen molar-refractivity contribution in [2.24, 2.45) is 10.3 Å². The average Bonchev–Trinajstić information content (AvgIpc) is 2.94. The molecule has 0 unspecified atom stereocenters. The Balaban J connectivity index is 1.49. The summed E-state index contributed by atoms with van der Waals surface area (Å²) in [4.78, 5) is 14.9. The number of carbonyl (C=O) groups is 1. The lowest BCUT2D eigenvalue weighted by atomic mass is 9.88. The molecule has 2 aromatic carbocycles. The molecule has 0 spiro atoms. The van der Waals surface area contributed by atoms with Gasteiger partial charge in [-0.1, -0.05) is 23.7 Å². The van der Waals surface area contributed by atoms with Crippen LogP contribution in [-0.2, 0) is 10.0 Å². The summed E-state index contributed by atoms with van der Waals surface area (Å²) in [5.74, 6) is 0.543. The standard InChI is InChI=1S/C19H17ClN2O3S/c20-15-7-5-13(6-8-15)18(23)14-9-11-22(12-10-14)19-16-3-1-2-4-17(16)26(24,25)21-19/h1-8,14H,9-12H2. The fourth-order valence-electron chi connectivity index (χ4n) is 3.52. The molecular weight excluding hydrogens is 372 g/mol. The van der Waals surface area contributed by atoms with Gasteiger partial charge in [-0.15, -0.1) is 4.40 Å². The third-order valence-electron chi connectivity index (χ3n) is 4.91. The number of rotatable bonds is 2. The largest absolute Gasteiger partial charge is 0.355 e. The molecule has 0 radical (unpaired) electrons. The van der Waals surface area contributed by atoms with Gasteiger partial charge >= 0.3 is 0 Å². The van der Waals surface area contributed by atoms with Crippen molar-refractivity contribution in [2.45, 2.75) is 17.7 Å². The SMILES string of the molecule is O=C(c1ccc(Cl)cc1)C1CCN(C2=NS(=O)(=O)c3ccccc32)CC1. The first-order valence-corrected chi connectivity index (χ1v) is 10.3. The maximum atomic E-state index is 12.7. The van der Waals surface area contributed by atoms with Gasteiger partial charge in [0.25, 0.3) is 10.0 Å². The second-order valence-corrected chi connectivity index (χ2v) is 8.53. The van der Waals surface area contributed by atoms with E-state index in [-0.39, 0.29) is 16.6 Å². The average molecular weight is 389 g/mol. The lowest BCUT2D eigenvalue weighted by Gasteiger charge is -2.32. The van der Waals surface area contributed by atoms with E-state index in [1.165, 1.54) is 0 Å². The molecule has 2 heterocycles. The fraction of sp³-hybridized carbons (Fsp3) is 0.263. The topological polar surface area (TPSA) is 66.8 Å². The predicted molar refractivity (Wildman–Crippen MR) is 100 cm³/mol. The Morgan fingerprint density at radius 2 is 1.69 bits per heavy atom. The van der Waals surface area contributed by atoms with E-state index in [9.17, 15) is 13.2 Å². The number of Topliss-reactive ketones (excluding diaryl/α,β-unsaturated/α-hetero) is 1. The van der Waals surface area contributed by atoms with Crippen molar-refractivity contribution in [1.82, 2.24) is 4.90 Å². The van der Waals surface area contributed by atoms with E-state index >= 15 is 0 Å². The Hall–Kier alpha value is -2.18. The maximum absolute atomic E-state index is 12.7. The predicted octanol–water partition coefficient (Wildman–Crippen LogP) is 3.38. The van der Waals surface area contributed by atoms with E-state index in [1.54, 1.807) is 42.5 Å². The van der Waals surface area contributed by atoms with E-state index in [2.05, 4.69) is 4.40 Å². The molecule has 7 heteroatoms. The van der Waals surface area contributed by atoms with Crippen molar-refractivity contribution in [3.63, 3.8) is 0 Å². The second-order valence-electron chi connectivity index (χ2n) is 6.52. The molecule has 5 nitrogen and oxygen atoms in total. The van der Waals surface area contributed by atoms with Gasteiger partial charge in [0.2, 0.25) is 0 Å². The number of fused-ring (bicyclic) bond motifs is 1. The summed E-state index contributed by atoms with van der Waals surface area (Å²) in [6.45, 7) is 1.21. The molecular formula is C19H17ClN2O3S. The van der Waals surface area contributed by atoms with Crippen LogP contribution in [0, 0.1) is 5.92 Å². The third kappa shape index (κ3) is 3.04. The quantitative estimate of drug-likeness (QED) is 0.739. The first-order valence-electron chi connectivity index (χ1n) is 8.45. The lowest BCUT2D eigenvalue weighted by molar-refractivity contribution is 0.0872. The van der Waals surface area contributed by atoms with Crippen LogP contribution in [0.3, 0.4) is 0 Å². The summed E-state index contributed by atoms with van der Waals surface area (Å²) in [5, 5.41) is 0.607. The maximum Gasteiger partial charge on any atom is 0.285 e. The number of sulfonamides is 1. The van der Waals surface area contributed by atoms with Crippen molar-refractivity contribution in [2.75, 3.05) is 13.1 Å². The molecule has 0 bridgehead atoms. The molecule has 134 valence electrons. The highest BCUT2D eigenvalue weighted by atomic mass is 35.5. The second kappa shape index (κ2) is 6.52. The number of benzene rings is 2. The van der Waals surface area contributed by atoms with Gasteiger partial charge in [0.05, 0.1) is 0 Å². The van der Waals surface area contributed by atoms with Gasteiger partial charge in [-0.2, -0.15) is 8.42 Å². The van der Waals surface area contributed by atoms with Gasteiger partial charge in [0, 0.05) is 35.2 Å². The summed E-state index contributed by atoms with van der Waals surface area (Å²) >= 11 is 5.88. The summed E-state index contributed by atoms with van der Waals surface area (Å²) in [6.07, 6.45) is 1.34. The van der Waals surface area contributed by atoms with Crippen LogP contribution >= 0.6 is 11.6 Å². The number of hydrogen-bond donors (Lipinski definition) is 0. The number of piperidine rings is 1. The molecule has 4 rings (SSSR count). The summed E-state index contributed by atoms with van der Waals surface area (Å²) in [7, 11) is -3.61. The number of carbonyl (C=O) groups excluding carboxylic acids is 1. The minimum Gasteiger partial charge on any atom is -0.355 e. The van der Waals surface area contributed by atoms with Crippen LogP contribution in [-0.4, -0.2) is 38.0 Å². The highest BCUT2D eigenvalue weighted by Gasteiger charge is 2.34. The summed E-state index contributed by atoms with van der Waals surface area (Å²) in [5.41, 5.74) is 1.31. The smallest absolute Gasteiger partial charge is 0.285 e. The number of likely N-dealkylation sites (tertiary alicyclic amines) is 1. The molecule has 0 N–H and O–H groups in total. The van der Waals surface area contributed by atoms with E-state index in [0.29, 0.717) is 47.9 Å². The molecule has 0 saturated carbocycles. The van der Waals surface area contributed by atoms with Crippen LogP contribution in [0.5, 0.6) is 0 Å². The van der Waals surface area contributed by atoms with Gasteiger partial charge < -0.3 is 4.90 Å². The Kier molecular flexibility index (Phi) is 4.32. The van der Waals surface area contributed by atoms with Crippen molar-refractivity contribution in [3.8, 4) is 0 Å². The molecule has 26 heavy (non-hydrogen) atoms. The van der Waals surface area contributed by atoms with Crippen molar-refractivity contribution >= 4 is 33.2 Å². The van der Waals surface area contributed by atoms with Crippen LogP contribution in [0.2, 0.25) is 5.02 Å². The first kappa shape index (κ1) is 17.2. The van der Waals surface area contributed by atoms with Crippen LogP contribution in [0.25, 0.3) is 0 Å². The van der Waals surface area contributed by atoms with Crippen LogP contribution in [0.4, 0.5) is 0 Å². The lowest BCUT2D eigenvalue weighted by Crippen LogP contribution is -2.40. The van der Waals surface area contributed by atoms with Gasteiger partial charge in [0.15, 0.2) is 11.6 Å². The molecule has 0 amide bonds. The zero-order valence-electron chi connectivity index (χ0n) is 13.9. The van der Waals surface area contributed by atoms with Crippen LogP contribution in [0.1, 0.15) is 28.8 Å². The number of nitrogens with zero attached hydrogens (tertiary/aromatic N) is 2. The minimum atomic E-state index is -3.61. The Morgan fingerprint density at radius 3 is 2.38 bits per heavy atom. The highest BCUT2D eigenvalue weighted by Crippen LogP contribution is 2.30. The molecule has 0 aliphatic carbocycles. The fourth-order valence-corrected chi connectivity index (χ4v) is 4.87. The van der Waals surface area contributed by atoms with Crippen LogP contribution < -0.4 is 0 Å². The van der Waals surface area contributed by atoms with E-state index in [4.69, 9.17) is 11.6 Å². The monoisotopic (exact) mass is 388 g/mol. The number of ketones is 1. The van der Waals surface area contributed by atoms with Gasteiger partial charge in [-0.05, 0) is 49.2 Å². The minimum absolute atomic E-state index is 0.0683. The zero-order chi connectivity index (χ0) is 18.3. The number of halogens is 1. The van der Waals surface area contributed by atoms with E-state index < -0.39 is 10.0 Å². The first-order chi connectivity index (χ1) is 12.5. The van der Waals surface area contributed by atoms with E-state index in [0.717, 1.165) is 0 Å². The van der Waals surface area contributed by atoms with Gasteiger partial charge in [-0.25, -0.2) is 0 Å². The molecule has 1 fully saturated rings. The highest BCUT2D eigenvalue weighted by molar-refractivity contribution is 7.90. The normalized spacial score (nSPS) is 19.1. The molecule has 0 aromatic heterocycles. The molecule has 2 aliphatic heterocycles. The molecule has 2 aromatic rings. The molecule has 2 aliphatic rings. The Labute approximate surface area is 157 Å². The van der Waals surface area contributed by atoms with Gasteiger partial charge in [-0.3, -0.25) is 4.79 Å². The number of amidine groups is 1. The van der Waals surface area contributed by atoms with Crippen molar-refractivity contribution in [3.05, 3.63) is 64.7 Å². The third-order valence-corrected chi connectivity index (χ3v) is 6.48. The van der Waals surface area contributed by atoms with Crippen molar-refractivity contribution in [1.29, 1.82) is 0 Å². The Bertz CT molecular complexity index is 992. The molecule has 1 saturated heterocycles. The van der Waals surface area contributed by atoms with E-state index in [1.807, 2.05) is 11.0 Å². The number of hydrogen-bond acceptors (Lipinski definition) is 4. The molecule has 0 atom stereocenters. The zero-order valence-corrected chi connectivity index (χ0v) is 15.5. The van der Waals surface area contributed by atoms with Crippen molar-refractivity contribution < 1.29 is 13.2 Å². The summed E-state index contributed by atoms with van der Waals surface area (Å²) < 4.78 is 28.4. The summed E-state index contributed by atoms with van der Waals surface area (Å²) in [6, 6.07) is 13.8. The van der Waals surface area contributed by atoms with Crippen LogP contribution in [0.15, 0.2) is 57.8 Å².